The van der Waals surface area contributed by atoms with Crippen LogP contribution in [0.25, 0.3) is 0 Å². The maximum absolute atomic E-state index is 14.9. The van der Waals surface area contributed by atoms with Crippen molar-refractivity contribution < 1.29 is 26.7 Å². The SMILES string of the molecule is CC(C)(CCCOc1ccc(Cl)cc1)C(=O)N[C@H]1CCN(S(=O)(=O)c2ccc(F)cc2)C[C@H]1F. The molecule has 34 heavy (non-hydrogen) atoms. The van der Waals surface area contributed by atoms with Gasteiger partial charge in [-0.2, -0.15) is 4.31 Å². The molecule has 1 saturated heterocycles. The highest BCUT2D eigenvalue weighted by Crippen LogP contribution is 2.26. The van der Waals surface area contributed by atoms with E-state index in [0.29, 0.717) is 30.2 Å². The van der Waals surface area contributed by atoms with Gasteiger partial charge in [0.25, 0.3) is 0 Å². The Labute approximate surface area is 204 Å². The van der Waals surface area contributed by atoms with Crippen LogP contribution >= 0.6 is 11.6 Å². The third-order valence-corrected chi connectivity index (χ3v) is 8.05. The van der Waals surface area contributed by atoms with Crippen molar-refractivity contribution in [1.29, 1.82) is 0 Å². The Bertz CT molecular complexity index is 1080. The van der Waals surface area contributed by atoms with Gasteiger partial charge in [0.2, 0.25) is 15.9 Å². The number of amides is 1. The molecule has 1 heterocycles. The first-order chi connectivity index (χ1) is 16.0. The number of benzene rings is 2. The van der Waals surface area contributed by atoms with Crippen LogP contribution in [-0.4, -0.2) is 50.5 Å². The lowest BCUT2D eigenvalue weighted by atomic mass is 9.86. The molecule has 1 aliphatic heterocycles. The van der Waals surface area contributed by atoms with Crippen molar-refractivity contribution in [3.63, 3.8) is 0 Å². The number of nitrogens with one attached hydrogen (secondary N) is 1. The normalized spacial score (nSPS) is 19.6. The Morgan fingerprint density at radius 1 is 1.18 bits per heavy atom. The van der Waals surface area contributed by atoms with Gasteiger partial charge in [0, 0.05) is 23.5 Å². The van der Waals surface area contributed by atoms with Gasteiger partial charge in [-0.05, 0) is 67.8 Å². The van der Waals surface area contributed by atoms with E-state index < -0.39 is 33.5 Å². The third-order valence-electron chi connectivity index (χ3n) is 5.92. The van der Waals surface area contributed by atoms with Crippen LogP contribution in [0.1, 0.15) is 33.1 Å². The van der Waals surface area contributed by atoms with E-state index in [4.69, 9.17) is 16.3 Å². The monoisotopic (exact) mass is 514 g/mol. The third kappa shape index (κ3) is 6.67. The number of halogens is 3. The molecular weight excluding hydrogens is 486 g/mol. The molecule has 10 heteroatoms. The number of carbonyl (C=O) groups excluding carboxylic acids is 1. The number of piperidine rings is 1. The van der Waals surface area contributed by atoms with Crippen LogP contribution in [0.4, 0.5) is 8.78 Å². The van der Waals surface area contributed by atoms with Gasteiger partial charge < -0.3 is 10.1 Å². The second-order valence-corrected chi connectivity index (χ2v) is 11.4. The number of hydrogen-bond donors (Lipinski definition) is 1. The van der Waals surface area contributed by atoms with Crippen LogP contribution in [0.2, 0.25) is 5.02 Å². The van der Waals surface area contributed by atoms with E-state index in [1.165, 1.54) is 0 Å². The zero-order valence-electron chi connectivity index (χ0n) is 19.1. The van der Waals surface area contributed by atoms with E-state index in [-0.39, 0.29) is 30.3 Å². The Kier molecular flexibility index (Phi) is 8.54. The second kappa shape index (κ2) is 11.0. The molecule has 0 radical (unpaired) electrons. The largest absolute Gasteiger partial charge is 0.494 e. The molecule has 0 saturated carbocycles. The molecule has 1 N–H and O–H groups in total. The maximum atomic E-state index is 14.9. The van der Waals surface area contributed by atoms with E-state index in [1.54, 1.807) is 38.1 Å². The average molecular weight is 515 g/mol. The lowest BCUT2D eigenvalue weighted by Gasteiger charge is -2.36. The number of hydrogen-bond acceptors (Lipinski definition) is 4. The van der Waals surface area contributed by atoms with Crippen molar-refractivity contribution in [2.24, 2.45) is 5.41 Å². The summed E-state index contributed by atoms with van der Waals surface area (Å²) < 4.78 is 60.1. The van der Waals surface area contributed by atoms with Gasteiger partial charge in [-0.25, -0.2) is 17.2 Å². The van der Waals surface area contributed by atoms with Gasteiger partial charge in [-0.1, -0.05) is 25.4 Å². The first kappa shape index (κ1) is 26.4. The highest BCUT2D eigenvalue weighted by Gasteiger charge is 2.38. The van der Waals surface area contributed by atoms with Crippen LogP contribution in [0.15, 0.2) is 53.4 Å². The van der Waals surface area contributed by atoms with Crippen molar-refractivity contribution in [2.75, 3.05) is 19.7 Å². The Balaban J connectivity index is 1.48. The lowest BCUT2D eigenvalue weighted by Crippen LogP contribution is -2.55. The van der Waals surface area contributed by atoms with Gasteiger partial charge in [0.15, 0.2) is 0 Å². The fraction of sp³-hybridized carbons (Fsp3) is 0.458. The highest BCUT2D eigenvalue weighted by molar-refractivity contribution is 7.89. The van der Waals surface area contributed by atoms with Crippen LogP contribution < -0.4 is 10.1 Å². The van der Waals surface area contributed by atoms with E-state index in [2.05, 4.69) is 5.32 Å². The van der Waals surface area contributed by atoms with Gasteiger partial charge in [-0.15, -0.1) is 0 Å². The lowest BCUT2D eigenvalue weighted by molar-refractivity contribution is -0.131. The van der Waals surface area contributed by atoms with Crippen molar-refractivity contribution in [3.05, 3.63) is 59.4 Å². The van der Waals surface area contributed by atoms with Crippen LogP contribution in [0.5, 0.6) is 5.75 Å². The summed E-state index contributed by atoms with van der Waals surface area (Å²) in [6.45, 7) is 3.67. The molecule has 0 aliphatic carbocycles. The highest BCUT2D eigenvalue weighted by atomic mass is 35.5. The minimum absolute atomic E-state index is 0.0560. The fourth-order valence-electron chi connectivity index (χ4n) is 3.73. The minimum atomic E-state index is -3.94. The Morgan fingerprint density at radius 3 is 2.44 bits per heavy atom. The van der Waals surface area contributed by atoms with Gasteiger partial charge in [-0.3, -0.25) is 4.79 Å². The zero-order chi connectivity index (χ0) is 24.9. The quantitative estimate of drug-likeness (QED) is 0.497. The van der Waals surface area contributed by atoms with E-state index in [0.717, 1.165) is 28.6 Å². The van der Waals surface area contributed by atoms with Crippen molar-refractivity contribution in [2.45, 2.75) is 50.2 Å². The van der Waals surface area contributed by atoms with Gasteiger partial charge in [0.05, 0.1) is 17.5 Å². The summed E-state index contributed by atoms with van der Waals surface area (Å²) in [5.41, 5.74) is -0.750. The summed E-state index contributed by atoms with van der Waals surface area (Å²) in [6.07, 6.45) is -0.266. The van der Waals surface area contributed by atoms with Crippen molar-refractivity contribution in [1.82, 2.24) is 9.62 Å². The molecule has 3 rings (SSSR count). The van der Waals surface area contributed by atoms with Crippen LogP contribution in [-0.2, 0) is 14.8 Å². The Hall–Kier alpha value is -2.23. The molecule has 2 aromatic carbocycles. The molecule has 0 unspecified atom stereocenters. The molecule has 0 spiro atoms. The molecule has 1 fully saturated rings. The molecule has 1 amide bonds. The van der Waals surface area contributed by atoms with Crippen LogP contribution in [0.3, 0.4) is 0 Å². The zero-order valence-corrected chi connectivity index (χ0v) is 20.7. The molecular formula is C24H29ClF2N2O4S. The molecule has 2 aromatic rings. The van der Waals surface area contributed by atoms with E-state index >= 15 is 0 Å². The fourth-order valence-corrected chi connectivity index (χ4v) is 5.31. The minimum Gasteiger partial charge on any atom is -0.494 e. The molecule has 6 nitrogen and oxygen atoms in total. The molecule has 186 valence electrons. The number of rotatable bonds is 9. The van der Waals surface area contributed by atoms with E-state index in [9.17, 15) is 22.0 Å². The smallest absolute Gasteiger partial charge is 0.243 e. The second-order valence-electron chi connectivity index (χ2n) is 8.99. The number of ether oxygens (including phenoxy) is 1. The Morgan fingerprint density at radius 2 is 1.82 bits per heavy atom. The topological polar surface area (TPSA) is 75.7 Å². The average Bonchev–Trinajstić information content (AvgIpc) is 2.79. The molecule has 1 aliphatic rings. The first-order valence-electron chi connectivity index (χ1n) is 11.1. The summed E-state index contributed by atoms with van der Waals surface area (Å²) in [6, 6.07) is 10.6. The van der Waals surface area contributed by atoms with Crippen molar-refractivity contribution >= 4 is 27.5 Å². The standard InChI is InChI=1S/C24H29ClF2N2O4S/c1-24(2,13-3-15-33-19-8-4-17(25)5-9-19)23(30)28-22-12-14-29(16-21(22)27)34(31,32)20-10-6-18(26)7-11-20/h4-11,21-22H,3,12-16H2,1-2H3,(H,28,30)/t21-,22+/m1/s1. The van der Waals surface area contributed by atoms with Crippen molar-refractivity contribution in [3.8, 4) is 5.75 Å². The van der Waals surface area contributed by atoms with Gasteiger partial charge in [0.1, 0.15) is 17.7 Å². The van der Waals surface area contributed by atoms with Gasteiger partial charge >= 0.3 is 0 Å². The molecule has 0 aromatic heterocycles. The summed E-state index contributed by atoms with van der Waals surface area (Å²) in [7, 11) is -3.94. The first-order valence-corrected chi connectivity index (χ1v) is 12.9. The van der Waals surface area contributed by atoms with Crippen LogP contribution in [0, 0.1) is 11.2 Å². The summed E-state index contributed by atoms with van der Waals surface area (Å²) in [5.74, 6) is -0.154. The predicted molar refractivity (Wildman–Crippen MR) is 127 cm³/mol. The summed E-state index contributed by atoms with van der Waals surface area (Å²) >= 11 is 5.85. The summed E-state index contributed by atoms with van der Waals surface area (Å²) in [5, 5.41) is 3.37. The maximum Gasteiger partial charge on any atom is 0.243 e. The molecule has 0 bridgehead atoms. The number of alkyl halides is 1. The molecule has 2 atom stereocenters. The number of carbonyl (C=O) groups is 1. The summed E-state index contributed by atoms with van der Waals surface area (Å²) in [4.78, 5) is 12.7. The van der Waals surface area contributed by atoms with E-state index in [1.807, 2.05) is 0 Å². The predicted octanol–water partition coefficient (Wildman–Crippen LogP) is 4.58. The number of nitrogens with zero attached hydrogens (tertiary/aromatic N) is 1. The number of sulfonamides is 1.